The number of rotatable bonds is 3. The first-order valence-corrected chi connectivity index (χ1v) is 6.23. The molecule has 2 aromatic rings. The van der Waals surface area contributed by atoms with E-state index in [1.165, 1.54) is 12.1 Å². The number of hydrogen-bond donors (Lipinski definition) is 1. The molecular formula is C15H13ClFNO. The van der Waals surface area contributed by atoms with Gasteiger partial charge in [-0.25, -0.2) is 4.39 Å². The minimum atomic E-state index is -0.314. The monoisotopic (exact) mass is 277 g/mol. The molecule has 1 N–H and O–H groups in total. The Bertz CT molecular complexity index is 596. The summed E-state index contributed by atoms with van der Waals surface area (Å²) in [6.07, 6.45) is 0.185. The van der Waals surface area contributed by atoms with Gasteiger partial charge in [0.15, 0.2) is 0 Å². The molecule has 2 aromatic carbocycles. The van der Waals surface area contributed by atoms with Gasteiger partial charge >= 0.3 is 0 Å². The Kier molecular flexibility index (Phi) is 4.17. The maximum atomic E-state index is 12.7. The highest BCUT2D eigenvalue weighted by Crippen LogP contribution is 2.22. The lowest BCUT2D eigenvalue weighted by Gasteiger charge is -2.08. The van der Waals surface area contributed by atoms with Crippen LogP contribution in [-0.2, 0) is 11.2 Å². The standard InChI is InChI=1S/C15H13ClFNO/c1-10-2-7-14(13(16)8-10)18-15(19)9-11-3-5-12(17)6-4-11/h2-8H,9H2,1H3,(H,18,19). The van der Waals surface area contributed by atoms with Gasteiger partial charge in [0.25, 0.3) is 0 Å². The zero-order valence-electron chi connectivity index (χ0n) is 10.4. The van der Waals surface area contributed by atoms with E-state index in [0.717, 1.165) is 11.1 Å². The average Bonchev–Trinajstić information content (AvgIpc) is 2.36. The summed E-state index contributed by atoms with van der Waals surface area (Å²) in [5, 5.41) is 3.24. The molecule has 0 spiro atoms. The van der Waals surface area contributed by atoms with Gasteiger partial charge in [-0.05, 0) is 42.3 Å². The Morgan fingerprint density at radius 2 is 1.89 bits per heavy atom. The molecular weight excluding hydrogens is 265 g/mol. The SMILES string of the molecule is Cc1ccc(NC(=O)Cc2ccc(F)cc2)c(Cl)c1. The van der Waals surface area contributed by atoms with Crippen LogP contribution in [0.15, 0.2) is 42.5 Å². The summed E-state index contributed by atoms with van der Waals surface area (Å²) in [5.74, 6) is -0.497. The number of benzene rings is 2. The van der Waals surface area contributed by atoms with Crippen LogP contribution < -0.4 is 5.32 Å². The first-order chi connectivity index (χ1) is 9.04. The number of carbonyl (C=O) groups excluding carboxylic acids is 1. The second kappa shape index (κ2) is 5.85. The van der Waals surface area contributed by atoms with Crippen molar-refractivity contribution in [3.05, 3.63) is 64.4 Å². The highest BCUT2D eigenvalue weighted by atomic mass is 35.5. The van der Waals surface area contributed by atoms with Crippen LogP contribution in [0.25, 0.3) is 0 Å². The molecule has 0 unspecified atom stereocenters. The second-order valence-corrected chi connectivity index (χ2v) is 4.74. The van der Waals surface area contributed by atoms with Gasteiger partial charge in [-0.3, -0.25) is 4.79 Å². The summed E-state index contributed by atoms with van der Waals surface area (Å²) in [4.78, 5) is 11.8. The number of carbonyl (C=O) groups is 1. The van der Waals surface area contributed by atoms with Crippen molar-refractivity contribution < 1.29 is 9.18 Å². The molecule has 0 saturated carbocycles. The third kappa shape index (κ3) is 3.80. The van der Waals surface area contributed by atoms with E-state index in [9.17, 15) is 9.18 Å². The fraction of sp³-hybridized carbons (Fsp3) is 0.133. The molecule has 0 fully saturated rings. The maximum Gasteiger partial charge on any atom is 0.228 e. The molecule has 2 nitrogen and oxygen atoms in total. The minimum absolute atomic E-state index is 0.183. The Balaban J connectivity index is 2.03. The zero-order valence-corrected chi connectivity index (χ0v) is 11.2. The molecule has 0 aliphatic rings. The summed E-state index contributed by atoms with van der Waals surface area (Å²) in [6.45, 7) is 1.93. The summed E-state index contributed by atoms with van der Waals surface area (Å²) < 4.78 is 12.7. The molecule has 98 valence electrons. The quantitative estimate of drug-likeness (QED) is 0.904. The smallest absolute Gasteiger partial charge is 0.228 e. The third-order valence-corrected chi connectivity index (χ3v) is 2.99. The van der Waals surface area contributed by atoms with Crippen LogP contribution in [0.2, 0.25) is 5.02 Å². The number of nitrogens with one attached hydrogen (secondary N) is 1. The van der Waals surface area contributed by atoms with Crippen molar-refractivity contribution in [3.63, 3.8) is 0 Å². The van der Waals surface area contributed by atoms with E-state index >= 15 is 0 Å². The fourth-order valence-corrected chi connectivity index (χ4v) is 1.99. The van der Waals surface area contributed by atoms with Crippen LogP contribution >= 0.6 is 11.6 Å². The topological polar surface area (TPSA) is 29.1 Å². The average molecular weight is 278 g/mol. The predicted molar refractivity (Wildman–Crippen MR) is 74.9 cm³/mol. The zero-order chi connectivity index (χ0) is 13.8. The molecule has 0 heterocycles. The molecule has 19 heavy (non-hydrogen) atoms. The van der Waals surface area contributed by atoms with Crippen LogP contribution in [-0.4, -0.2) is 5.91 Å². The van der Waals surface area contributed by atoms with Crippen molar-refractivity contribution in [1.29, 1.82) is 0 Å². The van der Waals surface area contributed by atoms with E-state index in [1.807, 2.05) is 13.0 Å². The van der Waals surface area contributed by atoms with Crippen molar-refractivity contribution >= 4 is 23.2 Å². The van der Waals surface area contributed by atoms with Gasteiger partial charge in [-0.15, -0.1) is 0 Å². The van der Waals surface area contributed by atoms with Gasteiger partial charge in [-0.2, -0.15) is 0 Å². The molecule has 0 saturated heterocycles. The lowest BCUT2D eigenvalue weighted by Crippen LogP contribution is -2.14. The molecule has 0 radical (unpaired) electrons. The van der Waals surface area contributed by atoms with Gasteiger partial charge in [0.05, 0.1) is 17.1 Å². The predicted octanol–water partition coefficient (Wildman–Crippen LogP) is 3.97. The third-order valence-electron chi connectivity index (χ3n) is 2.68. The molecule has 0 aliphatic heterocycles. The number of anilines is 1. The van der Waals surface area contributed by atoms with Crippen LogP contribution in [0.5, 0.6) is 0 Å². The highest BCUT2D eigenvalue weighted by molar-refractivity contribution is 6.33. The Hall–Kier alpha value is -1.87. The summed E-state index contributed by atoms with van der Waals surface area (Å²) in [5.41, 5.74) is 2.36. The molecule has 4 heteroatoms. The first kappa shape index (κ1) is 13.6. The van der Waals surface area contributed by atoms with E-state index < -0.39 is 0 Å². The van der Waals surface area contributed by atoms with E-state index in [-0.39, 0.29) is 18.1 Å². The molecule has 1 amide bonds. The van der Waals surface area contributed by atoms with E-state index in [4.69, 9.17) is 11.6 Å². The first-order valence-electron chi connectivity index (χ1n) is 5.85. The second-order valence-electron chi connectivity index (χ2n) is 4.33. The van der Waals surface area contributed by atoms with Gasteiger partial charge in [0.1, 0.15) is 5.82 Å². The van der Waals surface area contributed by atoms with Crippen LogP contribution in [0.1, 0.15) is 11.1 Å². The summed E-state index contributed by atoms with van der Waals surface area (Å²) in [7, 11) is 0. The van der Waals surface area contributed by atoms with Crippen molar-refractivity contribution in [3.8, 4) is 0 Å². The maximum absolute atomic E-state index is 12.7. The van der Waals surface area contributed by atoms with Crippen LogP contribution in [0, 0.1) is 12.7 Å². The number of hydrogen-bond acceptors (Lipinski definition) is 1. The largest absolute Gasteiger partial charge is 0.324 e. The van der Waals surface area contributed by atoms with Gasteiger partial charge in [0, 0.05) is 0 Å². The van der Waals surface area contributed by atoms with Crippen molar-refractivity contribution in [2.45, 2.75) is 13.3 Å². The summed E-state index contributed by atoms with van der Waals surface area (Å²) in [6, 6.07) is 11.3. The Morgan fingerprint density at radius 3 is 2.53 bits per heavy atom. The molecule has 0 aliphatic carbocycles. The molecule has 0 atom stereocenters. The number of halogens is 2. The van der Waals surface area contributed by atoms with Crippen molar-refractivity contribution in [2.24, 2.45) is 0 Å². The minimum Gasteiger partial charge on any atom is -0.324 e. The Labute approximate surface area is 116 Å². The number of amides is 1. The van der Waals surface area contributed by atoms with E-state index in [0.29, 0.717) is 10.7 Å². The lowest BCUT2D eigenvalue weighted by atomic mass is 10.1. The Morgan fingerprint density at radius 1 is 1.21 bits per heavy atom. The normalized spacial score (nSPS) is 10.3. The van der Waals surface area contributed by atoms with Crippen LogP contribution in [0.4, 0.5) is 10.1 Å². The van der Waals surface area contributed by atoms with E-state index in [2.05, 4.69) is 5.32 Å². The van der Waals surface area contributed by atoms with Crippen molar-refractivity contribution in [2.75, 3.05) is 5.32 Å². The van der Waals surface area contributed by atoms with Gasteiger partial charge in [0.2, 0.25) is 5.91 Å². The van der Waals surface area contributed by atoms with Gasteiger partial charge < -0.3 is 5.32 Å². The lowest BCUT2D eigenvalue weighted by molar-refractivity contribution is -0.115. The highest BCUT2D eigenvalue weighted by Gasteiger charge is 2.07. The van der Waals surface area contributed by atoms with E-state index in [1.54, 1.807) is 24.3 Å². The van der Waals surface area contributed by atoms with Gasteiger partial charge in [-0.1, -0.05) is 29.8 Å². The number of aryl methyl sites for hydroxylation is 1. The van der Waals surface area contributed by atoms with Crippen LogP contribution in [0.3, 0.4) is 0 Å². The molecule has 2 rings (SSSR count). The molecule has 0 aromatic heterocycles. The fourth-order valence-electron chi connectivity index (χ4n) is 1.70. The summed E-state index contributed by atoms with van der Waals surface area (Å²) >= 11 is 6.03. The van der Waals surface area contributed by atoms with Crippen molar-refractivity contribution in [1.82, 2.24) is 0 Å². The molecule has 0 bridgehead atoms.